The number of benzene rings is 4. The summed E-state index contributed by atoms with van der Waals surface area (Å²) in [6.45, 7) is 2.20. The number of likely N-dealkylation sites (N-methyl/N-ethyl adjacent to an activating group) is 1. The second kappa shape index (κ2) is 37.1. The zero-order valence-corrected chi connectivity index (χ0v) is 55.0. The maximum Gasteiger partial charge on any atom is 0.328 e. The number of nitrogens with one attached hydrogen (secondary N) is 10. The highest BCUT2D eigenvalue weighted by molar-refractivity contribution is 7.99. The quantitative estimate of drug-likeness (QED) is 0.0139. The van der Waals surface area contributed by atoms with Crippen molar-refractivity contribution in [2.24, 2.45) is 11.5 Å². The van der Waals surface area contributed by atoms with Gasteiger partial charge in [-0.3, -0.25) is 47.9 Å². The number of aliphatic hydroxyl groups is 2. The van der Waals surface area contributed by atoms with Crippen molar-refractivity contribution in [3.63, 3.8) is 0 Å². The van der Waals surface area contributed by atoms with Gasteiger partial charge in [0.15, 0.2) is 6.04 Å². The van der Waals surface area contributed by atoms with Crippen LogP contribution in [-0.2, 0) is 78.4 Å². The van der Waals surface area contributed by atoms with Gasteiger partial charge >= 0.3 is 5.97 Å². The Morgan fingerprint density at radius 1 is 0.656 bits per heavy atom. The first-order chi connectivity index (χ1) is 45.8. The Balaban J connectivity index is 1.26. The number of nitrogens with zero attached hydrogens (tertiary/aromatic N) is 1. The van der Waals surface area contributed by atoms with Crippen LogP contribution in [-0.4, -0.2) is 205 Å². The number of unbranched alkanes of at least 4 members (excludes halogenated alkanes) is 1. The van der Waals surface area contributed by atoms with Crippen molar-refractivity contribution in [1.29, 1.82) is 0 Å². The molecular weight excluding hydrogens is 1280 g/mol. The first-order valence-corrected chi connectivity index (χ1v) is 33.0. The summed E-state index contributed by atoms with van der Waals surface area (Å²) in [5.74, 6) is -10.9. The molecule has 0 radical (unpaired) electrons. The van der Waals surface area contributed by atoms with E-state index in [1.165, 1.54) is 38.2 Å². The van der Waals surface area contributed by atoms with Gasteiger partial charge in [0.05, 0.1) is 18.0 Å². The Hall–Kier alpha value is -9.27. The average molecular weight is 1370 g/mol. The number of hydrogen-bond acceptors (Lipinski definition) is 19. The fourth-order valence-corrected chi connectivity index (χ4v) is 11.5. The first-order valence-electron chi connectivity index (χ1n) is 31.2. The molecule has 96 heavy (non-hydrogen) atoms. The molecule has 0 aliphatic carbocycles. The largest absolute Gasteiger partial charge is 0.508 e. The van der Waals surface area contributed by atoms with Gasteiger partial charge in [-0.15, -0.1) is 0 Å². The molecule has 4 aromatic carbocycles. The van der Waals surface area contributed by atoms with Crippen LogP contribution in [0.1, 0.15) is 61.8 Å². The number of thiol groups is 1. The Labute approximate surface area is 564 Å². The van der Waals surface area contributed by atoms with Crippen molar-refractivity contribution in [2.75, 3.05) is 43.1 Å². The van der Waals surface area contributed by atoms with Crippen molar-refractivity contribution in [2.45, 2.75) is 138 Å². The summed E-state index contributed by atoms with van der Waals surface area (Å²) in [5, 5.41) is 64.8. The summed E-state index contributed by atoms with van der Waals surface area (Å²) in [7, 11) is 1.31. The molecule has 12 atom stereocenters. The minimum Gasteiger partial charge on any atom is -0.508 e. The Morgan fingerprint density at radius 2 is 1.23 bits per heavy atom. The van der Waals surface area contributed by atoms with E-state index in [2.05, 4.69) is 65.5 Å². The molecule has 0 spiro atoms. The number of carbonyl (C=O) groups is 11. The number of aromatic nitrogens is 1. The van der Waals surface area contributed by atoms with Gasteiger partial charge in [-0.2, -0.15) is 24.4 Å². The van der Waals surface area contributed by atoms with E-state index >= 15 is 14.4 Å². The molecule has 1 aromatic heterocycles. The van der Waals surface area contributed by atoms with Crippen molar-refractivity contribution >= 4 is 106 Å². The first kappa shape index (κ1) is 75.8. The lowest BCUT2D eigenvalue weighted by atomic mass is 10.00. The number of phenols is 1. The van der Waals surface area contributed by atoms with E-state index in [0.29, 0.717) is 40.8 Å². The number of nitrogens with two attached hydrogens (primary N) is 3. The summed E-state index contributed by atoms with van der Waals surface area (Å²) in [6, 6.07) is 13.0. The number of carboxylic acid groups (broad SMARTS) is 1. The highest BCUT2D eigenvalue weighted by Gasteiger charge is 2.39. The van der Waals surface area contributed by atoms with E-state index in [-0.39, 0.29) is 68.1 Å². The third-order valence-electron chi connectivity index (χ3n) is 15.9. The summed E-state index contributed by atoms with van der Waals surface area (Å²) < 4.78 is 0. The molecule has 518 valence electrons. The number of thioether (sulfide) groups is 1. The predicted molar refractivity (Wildman–Crippen MR) is 361 cm³/mol. The smallest absolute Gasteiger partial charge is 0.328 e. The van der Waals surface area contributed by atoms with Crippen LogP contribution in [0.2, 0.25) is 0 Å². The number of para-hydroxylation sites is 1. The fraction of sp³-hybridized carbons (Fsp3) is 0.431. The highest BCUT2D eigenvalue weighted by Crippen LogP contribution is 2.22. The number of hydrogen-bond donors (Lipinski definition) is 18. The number of carboxylic acids is 1. The molecule has 31 heteroatoms. The van der Waals surface area contributed by atoms with Gasteiger partial charge in [-0.25, -0.2) is 4.79 Å². The number of anilines is 1. The molecule has 2 heterocycles. The number of aliphatic hydroxyl groups excluding tert-OH is 2. The Bertz CT molecular complexity index is 3490. The maximum absolute atomic E-state index is 15.2. The fourth-order valence-electron chi connectivity index (χ4n) is 10.5. The summed E-state index contributed by atoms with van der Waals surface area (Å²) in [6.07, 6.45) is -1.47. The van der Waals surface area contributed by atoms with E-state index in [1.54, 1.807) is 66.9 Å². The van der Waals surface area contributed by atoms with E-state index in [9.17, 15) is 58.8 Å². The standard InChI is InChI=1S/C65H86N14O15S2/c1-35(80)54-63(91)75-50(29-37-11-5-4-6-12-37)64(92)79(3)52(24-26-96-34-53(83)70-32-44(68)56(84)72-47(27-38-16-20-41(67)21-17-38)59(87)76-51(33-95)61(89)78-55(36(2)81)65(93)94)62(90)74-48(28-39-18-22-42(82)23-19-39)58(86)73-49(30-40-31-69-45-14-8-7-13-43(40)45)60(88)71-46(57(85)77-54)15-9-10-25-66/h4-8,11-14,16-23,31,35-36,44,46-52,54-55,69,80-82,95H,9-10,15,24-30,32-34,66-68H2,1-3H3,(H,70,83)(H,71,88)(H,72,84)(H,73,86)(H,74,90)(H,75,91)(H,76,87)(H,77,85)(H,78,89)(H,93,94)/t35-,36-,44+,46+,47+,48+,49-,50+,51+,52+,54+,55+/m1/s1. The van der Waals surface area contributed by atoms with Gasteiger partial charge in [0.25, 0.3) is 0 Å². The van der Waals surface area contributed by atoms with Crippen LogP contribution in [0.3, 0.4) is 0 Å². The molecule has 29 nitrogen and oxygen atoms in total. The molecule has 1 aliphatic heterocycles. The van der Waals surface area contributed by atoms with Gasteiger partial charge in [0.1, 0.15) is 60.1 Å². The van der Waals surface area contributed by atoms with Gasteiger partial charge in [-0.05, 0) is 104 Å². The van der Waals surface area contributed by atoms with Gasteiger partial charge in [0, 0.05) is 67.8 Å². The minimum absolute atomic E-state index is 0.0171. The lowest BCUT2D eigenvalue weighted by molar-refractivity contribution is -0.145. The van der Waals surface area contributed by atoms with Crippen molar-refractivity contribution in [3.05, 3.63) is 132 Å². The van der Waals surface area contributed by atoms with Gasteiger partial charge in [0.2, 0.25) is 59.1 Å². The summed E-state index contributed by atoms with van der Waals surface area (Å²) >= 11 is 5.14. The van der Waals surface area contributed by atoms with E-state index in [1.807, 2.05) is 18.2 Å². The normalized spacial score (nSPS) is 20.2. The number of aliphatic carboxylic acids is 1. The van der Waals surface area contributed by atoms with Crippen molar-refractivity contribution < 1.29 is 73.2 Å². The number of nitrogen functional groups attached to an aromatic ring is 1. The van der Waals surface area contributed by atoms with Gasteiger partial charge < -0.3 is 95.4 Å². The minimum atomic E-state index is -1.72. The molecule has 1 aliphatic rings. The molecule has 0 unspecified atom stereocenters. The lowest BCUT2D eigenvalue weighted by Crippen LogP contribution is -2.63. The van der Waals surface area contributed by atoms with Crippen LogP contribution in [0.25, 0.3) is 10.9 Å². The average Bonchev–Trinajstić information content (AvgIpc) is 1.51. The highest BCUT2D eigenvalue weighted by atomic mass is 32.2. The molecule has 1 fully saturated rings. The van der Waals surface area contributed by atoms with E-state index in [4.69, 9.17) is 17.2 Å². The van der Waals surface area contributed by atoms with E-state index in [0.717, 1.165) is 34.5 Å². The number of H-pyrrole nitrogens is 1. The number of aromatic amines is 1. The SMILES string of the molecule is C[C@@H](O)[C@H](NC(=O)[C@H](CS)NC(=O)[C@H](Cc1ccc(N)cc1)NC(=O)[C@@H](N)CNC(=O)CSCC[C@H]1C(=O)N[C@@H](Cc2ccc(O)cc2)C(=O)N[C@H](Cc2c[nH]c3ccccc23)C(=O)N[C@@H](CCCCN)C(=O)N[C@@H]([C@@H](C)O)C(=O)N[C@@H](Cc2ccccc2)C(=O)N1C)C(=O)O. The zero-order chi connectivity index (χ0) is 70.2. The van der Waals surface area contributed by atoms with Crippen LogP contribution in [0.4, 0.5) is 5.69 Å². The molecule has 10 amide bonds. The number of carbonyl (C=O) groups excluding carboxylic acids is 10. The zero-order valence-electron chi connectivity index (χ0n) is 53.3. The number of rotatable bonds is 29. The number of phenolic OH excluding ortho intramolecular Hbond substituents is 1. The van der Waals surface area contributed by atoms with Crippen LogP contribution in [0.15, 0.2) is 109 Å². The third kappa shape index (κ3) is 22.7. The Kier molecular flexibility index (Phi) is 29.3. The van der Waals surface area contributed by atoms with Crippen LogP contribution >= 0.6 is 24.4 Å². The van der Waals surface area contributed by atoms with Crippen molar-refractivity contribution in [1.82, 2.24) is 57.7 Å². The molecule has 1 saturated heterocycles. The lowest BCUT2D eigenvalue weighted by Gasteiger charge is -2.33. The second-order valence-electron chi connectivity index (χ2n) is 23.4. The molecule has 20 N–H and O–H groups in total. The molecule has 0 bridgehead atoms. The summed E-state index contributed by atoms with van der Waals surface area (Å²) in [4.78, 5) is 159. The predicted octanol–water partition coefficient (Wildman–Crippen LogP) is -2.08. The van der Waals surface area contributed by atoms with E-state index < -0.39 is 144 Å². The molecule has 5 aromatic rings. The second-order valence-corrected chi connectivity index (χ2v) is 24.9. The van der Waals surface area contributed by atoms with Crippen molar-refractivity contribution in [3.8, 4) is 5.75 Å². The number of amides is 10. The third-order valence-corrected chi connectivity index (χ3v) is 17.3. The van der Waals surface area contributed by atoms with Crippen LogP contribution < -0.4 is 65.1 Å². The Morgan fingerprint density at radius 3 is 1.88 bits per heavy atom. The molecule has 0 saturated carbocycles. The van der Waals surface area contributed by atoms with Crippen LogP contribution in [0.5, 0.6) is 5.75 Å². The molecular formula is C65H86N14O15S2. The van der Waals surface area contributed by atoms with Crippen LogP contribution in [0, 0.1) is 0 Å². The number of aromatic hydroxyl groups is 1. The van der Waals surface area contributed by atoms with Gasteiger partial charge in [-0.1, -0.05) is 72.8 Å². The number of fused-ring (bicyclic) bond motifs is 1. The topological polar surface area (TPSA) is 474 Å². The maximum atomic E-state index is 15.2. The monoisotopic (exact) mass is 1370 g/mol. The molecule has 6 rings (SSSR count). The summed E-state index contributed by atoms with van der Waals surface area (Å²) in [5.41, 5.74) is 21.2.